The van der Waals surface area contributed by atoms with Gasteiger partial charge in [-0.2, -0.15) is 15.0 Å². The van der Waals surface area contributed by atoms with E-state index in [1.165, 1.54) is 12.8 Å². The van der Waals surface area contributed by atoms with E-state index in [0.29, 0.717) is 11.9 Å². The second kappa shape index (κ2) is 8.54. The molecule has 118 valence electrons. The molecule has 0 fully saturated rings. The molecule has 2 rings (SSSR count). The summed E-state index contributed by atoms with van der Waals surface area (Å²) >= 11 is 5.98. The van der Waals surface area contributed by atoms with Gasteiger partial charge in [0, 0.05) is 6.54 Å². The second-order valence-electron chi connectivity index (χ2n) is 5.16. The third kappa shape index (κ3) is 5.15. The summed E-state index contributed by atoms with van der Waals surface area (Å²) in [6.45, 7) is 5.07. The van der Waals surface area contributed by atoms with Gasteiger partial charge < -0.3 is 10.6 Å². The third-order valence-corrected chi connectivity index (χ3v) is 3.49. The lowest BCUT2D eigenvalue weighted by Gasteiger charge is -2.14. The van der Waals surface area contributed by atoms with Crippen molar-refractivity contribution in [2.75, 3.05) is 17.2 Å². The van der Waals surface area contributed by atoms with Gasteiger partial charge in [-0.15, -0.1) is 0 Å². The molecular weight excluding hydrogens is 298 g/mol. The van der Waals surface area contributed by atoms with Gasteiger partial charge in [0.25, 0.3) is 0 Å². The molecule has 2 aromatic rings. The Labute approximate surface area is 136 Å². The van der Waals surface area contributed by atoms with Gasteiger partial charge in [-0.25, -0.2) is 0 Å². The Hall–Kier alpha value is -1.88. The molecule has 0 saturated carbocycles. The molecule has 0 radical (unpaired) electrons. The summed E-state index contributed by atoms with van der Waals surface area (Å²) in [6, 6.07) is 10.2. The van der Waals surface area contributed by atoms with Crippen LogP contribution in [-0.4, -0.2) is 21.5 Å². The molecule has 0 aliphatic carbocycles. The summed E-state index contributed by atoms with van der Waals surface area (Å²) in [6.07, 6.45) is 3.45. The quantitative estimate of drug-likeness (QED) is 0.710. The Bertz CT molecular complexity index is 576. The Kier molecular flexibility index (Phi) is 6.40. The lowest BCUT2D eigenvalue weighted by atomic mass is 10.1. The van der Waals surface area contributed by atoms with Crippen LogP contribution in [-0.2, 0) is 0 Å². The van der Waals surface area contributed by atoms with Crippen molar-refractivity contribution >= 4 is 23.5 Å². The van der Waals surface area contributed by atoms with E-state index in [4.69, 9.17) is 11.6 Å². The zero-order chi connectivity index (χ0) is 15.8. The van der Waals surface area contributed by atoms with E-state index in [0.717, 1.165) is 18.5 Å². The van der Waals surface area contributed by atoms with Crippen LogP contribution < -0.4 is 10.6 Å². The van der Waals surface area contributed by atoms with Crippen molar-refractivity contribution in [3.05, 3.63) is 41.2 Å². The Balaban J connectivity index is 2.00. The van der Waals surface area contributed by atoms with Crippen molar-refractivity contribution < 1.29 is 0 Å². The molecule has 5 nitrogen and oxygen atoms in total. The number of nitrogens with zero attached hydrogens (tertiary/aromatic N) is 3. The Morgan fingerprint density at radius 1 is 1.05 bits per heavy atom. The molecule has 1 aromatic carbocycles. The van der Waals surface area contributed by atoms with Crippen LogP contribution in [0.4, 0.5) is 11.9 Å². The molecule has 0 aliphatic rings. The maximum atomic E-state index is 5.98. The molecule has 0 bridgehead atoms. The van der Waals surface area contributed by atoms with E-state index >= 15 is 0 Å². The van der Waals surface area contributed by atoms with Crippen LogP contribution in [0.15, 0.2) is 30.3 Å². The van der Waals surface area contributed by atoms with E-state index in [1.54, 1.807) is 0 Å². The average Bonchev–Trinajstić information content (AvgIpc) is 2.52. The minimum Gasteiger partial charge on any atom is -0.354 e. The van der Waals surface area contributed by atoms with Gasteiger partial charge in [0.05, 0.1) is 6.04 Å². The SMILES string of the molecule is CCCCCNc1nc(Cl)nc(N[C@H](C)c2ccccc2)n1. The largest absolute Gasteiger partial charge is 0.354 e. The number of hydrogen-bond donors (Lipinski definition) is 2. The summed E-state index contributed by atoms with van der Waals surface area (Å²) in [5.41, 5.74) is 1.16. The molecule has 0 amide bonds. The molecule has 6 heteroatoms. The van der Waals surface area contributed by atoms with E-state index in [1.807, 2.05) is 18.2 Å². The topological polar surface area (TPSA) is 62.7 Å². The highest BCUT2D eigenvalue weighted by atomic mass is 35.5. The average molecular weight is 320 g/mol. The van der Waals surface area contributed by atoms with Gasteiger partial charge >= 0.3 is 0 Å². The van der Waals surface area contributed by atoms with Gasteiger partial charge in [-0.05, 0) is 30.5 Å². The smallest absolute Gasteiger partial charge is 0.229 e. The van der Waals surface area contributed by atoms with Gasteiger partial charge in [-0.1, -0.05) is 50.1 Å². The monoisotopic (exact) mass is 319 g/mol. The lowest BCUT2D eigenvalue weighted by Crippen LogP contribution is -2.12. The molecule has 0 spiro atoms. The standard InChI is InChI=1S/C16H22ClN5/c1-3-4-8-11-18-15-20-14(17)21-16(22-15)19-12(2)13-9-6-5-7-10-13/h5-7,9-10,12H,3-4,8,11H2,1-2H3,(H2,18,19,20,21,22)/t12-/m1/s1. The number of rotatable bonds is 8. The maximum Gasteiger partial charge on any atom is 0.229 e. The number of halogens is 1. The van der Waals surface area contributed by atoms with Crippen molar-refractivity contribution in [1.82, 2.24) is 15.0 Å². The Morgan fingerprint density at radius 2 is 1.77 bits per heavy atom. The van der Waals surface area contributed by atoms with Crippen LogP contribution >= 0.6 is 11.6 Å². The van der Waals surface area contributed by atoms with Crippen LogP contribution in [0.25, 0.3) is 0 Å². The third-order valence-electron chi connectivity index (χ3n) is 3.32. The van der Waals surface area contributed by atoms with Crippen LogP contribution in [0, 0.1) is 0 Å². The van der Waals surface area contributed by atoms with E-state index < -0.39 is 0 Å². The predicted octanol–water partition coefficient (Wildman–Crippen LogP) is 4.30. The van der Waals surface area contributed by atoms with E-state index in [2.05, 4.69) is 51.6 Å². The van der Waals surface area contributed by atoms with Crippen molar-refractivity contribution in [3.8, 4) is 0 Å². The zero-order valence-corrected chi connectivity index (χ0v) is 13.8. The first-order valence-electron chi connectivity index (χ1n) is 7.66. The molecule has 1 aromatic heterocycles. The minimum absolute atomic E-state index is 0.0904. The molecule has 0 saturated heterocycles. The summed E-state index contributed by atoms with van der Waals surface area (Å²) in [7, 11) is 0. The molecule has 1 atom stereocenters. The fraction of sp³-hybridized carbons (Fsp3) is 0.438. The normalized spacial score (nSPS) is 12.0. The number of unbranched alkanes of at least 4 members (excludes halogenated alkanes) is 2. The fourth-order valence-electron chi connectivity index (χ4n) is 2.09. The van der Waals surface area contributed by atoms with Crippen LogP contribution in [0.1, 0.15) is 44.7 Å². The van der Waals surface area contributed by atoms with Crippen LogP contribution in [0.5, 0.6) is 0 Å². The van der Waals surface area contributed by atoms with Crippen molar-refractivity contribution in [1.29, 1.82) is 0 Å². The maximum absolute atomic E-state index is 5.98. The van der Waals surface area contributed by atoms with Gasteiger partial charge in [0.15, 0.2) is 0 Å². The van der Waals surface area contributed by atoms with Crippen molar-refractivity contribution in [2.24, 2.45) is 0 Å². The first kappa shape index (κ1) is 16.5. The molecule has 0 aliphatic heterocycles. The summed E-state index contributed by atoms with van der Waals surface area (Å²) in [5.74, 6) is 0.994. The first-order chi connectivity index (χ1) is 10.7. The number of anilines is 2. The van der Waals surface area contributed by atoms with Gasteiger partial charge in [0.2, 0.25) is 17.2 Å². The summed E-state index contributed by atoms with van der Waals surface area (Å²) in [5, 5.41) is 6.63. The highest BCUT2D eigenvalue weighted by Gasteiger charge is 2.09. The number of aromatic nitrogens is 3. The molecule has 2 N–H and O–H groups in total. The summed E-state index contributed by atoms with van der Waals surface area (Å²) in [4.78, 5) is 12.6. The van der Waals surface area contributed by atoms with Gasteiger partial charge in [-0.3, -0.25) is 0 Å². The molecule has 0 unspecified atom stereocenters. The van der Waals surface area contributed by atoms with E-state index in [9.17, 15) is 0 Å². The van der Waals surface area contributed by atoms with Crippen molar-refractivity contribution in [2.45, 2.75) is 39.2 Å². The Morgan fingerprint density at radius 3 is 2.50 bits per heavy atom. The highest BCUT2D eigenvalue weighted by molar-refractivity contribution is 6.28. The van der Waals surface area contributed by atoms with Crippen molar-refractivity contribution in [3.63, 3.8) is 0 Å². The van der Waals surface area contributed by atoms with Crippen LogP contribution in [0.3, 0.4) is 0 Å². The summed E-state index contributed by atoms with van der Waals surface area (Å²) < 4.78 is 0. The first-order valence-corrected chi connectivity index (χ1v) is 8.03. The number of nitrogens with one attached hydrogen (secondary N) is 2. The minimum atomic E-state index is 0.0904. The number of hydrogen-bond acceptors (Lipinski definition) is 5. The molecule has 22 heavy (non-hydrogen) atoms. The molecule has 1 heterocycles. The van der Waals surface area contributed by atoms with E-state index in [-0.39, 0.29) is 11.3 Å². The van der Waals surface area contributed by atoms with Gasteiger partial charge in [0.1, 0.15) is 0 Å². The highest BCUT2D eigenvalue weighted by Crippen LogP contribution is 2.18. The zero-order valence-electron chi connectivity index (χ0n) is 13.0. The predicted molar refractivity (Wildman–Crippen MR) is 91.3 cm³/mol. The fourth-order valence-corrected chi connectivity index (χ4v) is 2.25. The molecular formula is C16H22ClN5. The lowest BCUT2D eigenvalue weighted by molar-refractivity contribution is 0.739. The van der Waals surface area contributed by atoms with Crippen LogP contribution in [0.2, 0.25) is 5.28 Å². The second-order valence-corrected chi connectivity index (χ2v) is 5.50. The number of benzene rings is 1.